The SMILES string of the molecule is O=S1(=O)C[C@H]2COC[C@]2(CBr)C1. The van der Waals surface area contributed by atoms with Crippen molar-refractivity contribution in [3.63, 3.8) is 0 Å². The highest BCUT2D eigenvalue weighted by molar-refractivity contribution is 9.09. The molecule has 12 heavy (non-hydrogen) atoms. The molecule has 0 N–H and O–H groups in total. The van der Waals surface area contributed by atoms with Crippen molar-refractivity contribution in [1.82, 2.24) is 0 Å². The molecule has 2 saturated heterocycles. The minimum Gasteiger partial charge on any atom is -0.380 e. The van der Waals surface area contributed by atoms with E-state index >= 15 is 0 Å². The normalized spacial score (nSPS) is 44.6. The summed E-state index contributed by atoms with van der Waals surface area (Å²) in [7, 11) is -2.79. The molecule has 0 amide bonds. The lowest BCUT2D eigenvalue weighted by Gasteiger charge is -2.21. The van der Waals surface area contributed by atoms with Gasteiger partial charge >= 0.3 is 0 Å². The molecular weight excluding hydrogens is 244 g/mol. The van der Waals surface area contributed by atoms with Crippen molar-refractivity contribution in [2.45, 2.75) is 0 Å². The third-order valence-electron chi connectivity index (χ3n) is 2.80. The third kappa shape index (κ3) is 1.22. The molecule has 2 heterocycles. The maximum absolute atomic E-state index is 11.3. The molecule has 2 fully saturated rings. The number of alkyl halides is 1. The molecule has 0 aliphatic carbocycles. The van der Waals surface area contributed by atoms with Crippen LogP contribution >= 0.6 is 15.9 Å². The summed E-state index contributed by atoms with van der Waals surface area (Å²) in [5, 5.41) is 0.740. The first kappa shape index (κ1) is 8.97. The molecule has 3 nitrogen and oxygen atoms in total. The van der Waals surface area contributed by atoms with Crippen molar-refractivity contribution in [2.24, 2.45) is 11.3 Å². The number of hydrogen-bond donors (Lipinski definition) is 0. The van der Waals surface area contributed by atoms with Gasteiger partial charge in [-0.25, -0.2) is 8.42 Å². The maximum Gasteiger partial charge on any atom is 0.151 e. The number of rotatable bonds is 1. The second-order valence-corrected chi connectivity index (χ2v) is 6.43. The quantitative estimate of drug-likeness (QED) is 0.639. The molecule has 0 aromatic rings. The summed E-state index contributed by atoms with van der Waals surface area (Å²) in [5.74, 6) is 0.844. The molecule has 0 unspecified atom stereocenters. The van der Waals surface area contributed by atoms with E-state index in [1.807, 2.05) is 0 Å². The fourth-order valence-electron chi connectivity index (χ4n) is 2.07. The Morgan fingerprint density at radius 3 is 2.92 bits per heavy atom. The zero-order valence-electron chi connectivity index (χ0n) is 6.62. The summed E-state index contributed by atoms with van der Waals surface area (Å²) in [6.07, 6.45) is 0. The Labute approximate surface area is 80.5 Å². The lowest BCUT2D eigenvalue weighted by atomic mass is 9.83. The van der Waals surface area contributed by atoms with Gasteiger partial charge in [0.25, 0.3) is 0 Å². The average molecular weight is 255 g/mol. The Bertz CT molecular complexity index is 287. The largest absolute Gasteiger partial charge is 0.380 e. The minimum absolute atomic E-state index is 0.112. The van der Waals surface area contributed by atoms with Crippen molar-refractivity contribution in [3.8, 4) is 0 Å². The van der Waals surface area contributed by atoms with Crippen molar-refractivity contribution in [2.75, 3.05) is 30.0 Å². The fraction of sp³-hybridized carbons (Fsp3) is 1.00. The molecule has 0 spiro atoms. The van der Waals surface area contributed by atoms with Gasteiger partial charge in [-0.2, -0.15) is 0 Å². The topological polar surface area (TPSA) is 43.4 Å². The standard InChI is InChI=1S/C7H11BrO3S/c8-3-7-4-11-1-6(7)2-12(9,10)5-7/h6H,1-5H2/t6-,7-/m1/s1. The van der Waals surface area contributed by atoms with Crippen LogP contribution in [0, 0.1) is 11.3 Å². The summed E-state index contributed by atoms with van der Waals surface area (Å²) < 4.78 is 28.0. The molecule has 2 rings (SSSR count). The monoisotopic (exact) mass is 254 g/mol. The first-order valence-electron chi connectivity index (χ1n) is 3.92. The van der Waals surface area contributed by atoms with Crippen molar-refractivity contribution in [3.05, 3.63) is 0 Å². The van der Waals surface area contributed by atoms with E-state index in [1.54, 1.807) is 0 Å². The number of halogens is 1. The molecule has 70 valence electrons. The predicted molar refractivity (Wildman–Crippen MR) is 49.2 cm³/mol. The van der Waals surface area contributed by atoms with Crippen LogP contribution in [0.3, 0.4) is 0 Å². The fourth-order valence-corrected chi connectivity index (χ4v) is 5.63. The Kier molecular flexibility index (Phi) is 2.01. The number of ether oxygens (including phenoxy) is 1. The van der Waals surface area contributed by atoms with Gasteiger partial charge < -0.3 is 4.74 Å². The number of sulfone groups is 1. The molecule has 0 aromatic heterocycles. The van der Waals surface area contributed by atoms with Crippen molar-refractivity contribution < 1.29 is 13.2 Å². The van der Waals surface area contributed by atoms with E-state index in [-0.39, 0.29) is 11.3 Å². The highest BCUT2D eigenvalue weighted by Crippen LogP contribution is 2.43. The second kappa shape index (κ2) is 2.69. The van der Waals surface area contributed by atoms with Crippen LogP contribution < -0.4 is 0 Å². The van der Waals surface area contributed by atoms with Gasteiger partial charge in [0.1, 0.15) is 0 Å². The van der Waals surface area contributed by atoms with E-state index in [0.29, 0.717) is 24.7 Å². The first-order valence-corrected chi connectivity index (χ1v) is 6.86. The molecule has 0 bridgehead atoms. The Morgan fingerprint density at radius 2 is 2.33 bits per heavy atom. The molecule has 2 aliphatic rings. The van der Waals surface area contributed by atoms with E-state index in [4.69, 9.17) is 4.74 Å². The lowest BCUT2D eigenvalue weighted by Crippen LogP contribution is -2.30. The van der Waals surface area contributed by atoms with E-state index in [0.717, 1.165) is 5.33 Å². The highest BCUT2D eigenvalue weighted by Gasteiger charge is 2.53. The van der Waals surface area contributed by atoms with Crippen molar-refractivity contribution in [1.29, 1.82) is 0 Å². The summed E-state index contributed by atoms with van der Waals surface area (Å²) in [6, 6.07) is 0. The number of fused-ring (bicyclic) bond motifs is 1. The number of hydrogen-bond acceptors (Lipinski definition) is 3. The molecule has 5 heteroatoms. The Balaban J connectivity index is 2.32. The van der Waals surface area contributed by atoms with Gasteiger partial charge in [0.15, 0.2) is 9.84 Å². The van der Waals surface area contributed by atoms with Crippen LogP contribution in [0.2, 0.25) is 0 Å². The lowest BCUT2D eigenvalue weighted by molar-refractivity contribution is 0.168. The molecule has 2 aliphatic heterocycles. The molecule has 0 aromatic carbocycles. The van der Waals surface area contributed by atoms with Gasteiger partial charge in [0.05, 0.1) is 24.7 Å². The predicted octanol–water partition coefficient (Wildman–Crippen LogP) is 0.443. The van der Waals surface area contributed by atoms with Crippen LogP contribution in [0.15, 0.2) is 0 Å². The third-order valence-corrected chi connectivity index (χ3v) is 5.84. The van der Waals surface area contributed by atoms with Crippen LogP contribution in [0.5, 0.6) is 0 Å². The van der Waals surface area contributed by atoms with Crippen LogP contribution in [-0.4, -0.2) is 38.5 Å². The second-order valence-electron chi connectivity index (χ2n) is 3.76. The van der Waals surface area contributed by atoms with Gasteiger partial charge in [-0.15, -0.1) is 0 Å². The Morgan fingerprint density at radius 1 is 1.58 bits per heavy atom. The molecular formula is C7H11BrO3S. The van der Waals surface area contributed by atoms with Crippen LogP contribution in [0.4, 0.5) is 0 Å². The smallest absolute Gasteiger partial charge is 0.151 e. The maximum atomic E-state index is 11.3. The van der Waals surface area contributed by atoms with E-state index in [2.05, 4.69) is 15.9 Å². The van der Waals surface area contributed by atoms with Crippen molar-refractivity contribution >= 4 is 25.8 Å². The van der Waals surface area contributed by atoms with E-state index < -0.39 is 9.84 Å². The van der Waals surface area contributed by atoms with Crippen LogP contribution in [-0.2, 0) is 14.6 Å². The zero-order valence-corrected chi connectivity index (χ0v) is 9.03. The summed E-state index contributed by atoms with van der Waals surface area (Å²) in [5.41, 5.74) is -0.112. The summed E-state index contributed by atoms with van der Waals surface area (Å²) in [4.78, 5) is 0. The summed E-state index contributed by atoms with van der Waals surface area (Å²) in [6.45, 7) is 1.22. The molecule has 0 radical (unpaired) electrons. The summed E-state index contributed by atoms with van der Waals surface area (Å²) >= 11 is 3.38. The van der Waals surface area contributed by atoms with Gasteiger partial charge in [-0.1, -0.05) is 15.9 Å². The van der Waals surface area contributed by atoms with E-state index in [1.165, 1.54) is 0 Å². The molecule has 0 saturated carbocycles. The van der Waals surface area contributed by atoms with Gasteiger partial charge in [0.2, 0.25) is 0 Å². The minimum atomic E-state index is -2.79. The van der Waals surface area contributed by atoms with Crippen LogP contribution in [0.25, 0.3) is 0 Å². The average Bonchev–Trinajstić information content (AvgIpc) is 2.40. The highest BCUT2D eigenvalue weighted by atomic mass is 79.9. The Hall–Kier alpha value is 0.390. The molecule has 2 atom stereocenters. The zero-order chi connectivity index (χ0) is 8.82. The van der Waals surface area contributed by atoms with Gasteiger partial charge in [-0.3, -0.25) is 0 Å². The van der Waals surface area contributed by atoms with E-state index in [9.17, 15) is 8.42 Å². The first-order chi connectivity index (χ1) is 5.58. The van der Waals surface area contributed by atoms with Gasteiger partial charge in [0, 0.05) is 16.7 Å². The van der Waals surface area contributed by atoms with Crippen LogP contribution in [0.1, 0.15) is 0 Å². The van der Waals surface area contributed by atoms with Gasteiger partial charge in [-0.05, 0) is 0 Å².